The van der Waals surface area contributed by atoms with Crippen molar-refractivity contribution in [2.75, 3.05) is 59.9 Å². The average Bonchev–Trinajstić information content (AvgIpc) is 2.38. The van der Waals surface area contributed by atoms with Crippen LogP contribution >= 0.6 is 0 Å². The molecule has 7 nitrogen and oxygen atoms in total. The van der Waals surface area contributed by atoms with E-state index < -0.39 is 5.97 Å². The van der Waals surface area contributed by atoms with E-state index in [0.717, 1.165) is 6.54 Å². The molecule has 1 N–H and O–H groups in total. The van der Waals surface area contributed by atoms with Gasteiger partial charge >= 0.3 is 12.0 Å². The van der Waals surface area contributed by atoms with Crippen molar-refractivity contribution >= 4 is 12.0 Å². The van der Waals surface area contributed by atoms with Crippen molar-refractivity contribution < 1.29 is 14.7 Å². The van der Waals surface area contributed by atoms with Crippen LogP contribution in [-0.2, 0) is 4.79 Å². The summed E-state index contributed by atoms with van der Waals surface area (Å²) in [6.45, 7) is 8.05. The Bertz CT molecular complexity index is 354. The standard InChI is InChI=1S/C14H28N4O3/c1-5-18(12(2)10-15(3)4)14(21)17-8-6-16(7-9-17)11-13(19)20/h12H,5-11H2,1-4H3,(H,19,20). The van der Waals surface area contributed by atoms with Crippen molar-refractivity contribution in [2.45, 2.75) is 19.9 Å². The van der Waals surface area contributed by atoms with E-state index >= 15 is 0 Å². The third kappa shape index (κ3) is 5.51. The molecule has 0 aromatic heterocycles. The van der Waals surface area contributed by atoms with Crippen molar-refractivity contribution in [3.05, 3.63) is 0 Å². The minimum atomic E-state index is -0.815. The molecule has 1 saturated heterocycles. The van der Waals surface area contributed by atoms with Gasteiger partial charge in [0.25, 0.3) is 0 Å². The summed E-state index contributed by atoms with van der Waals surface area (Å²) in [5.41, 5.74) is 0. The second-order valence-electron chi connectivity index (χ2n) is 5.84. The van der Waals surface area contributed by atoms with Crippen molar-refractivity contribution in [3.63, 3.8) is 0 Å². The number of urea groups is 1. The monoisotopic (exact) mass is 300 g/mol. The predicted molar refractivity (Wildman–Crippen MR) is 81.4 cm³/mol. The number of piperazine rings is 1. The van der Waals surface area contributed by atoms with Crippen LogP contribution in [0.5, 0.6) is 0 Å². The topological polar surface area (TPSA) is 67.3 Å². The summed E-state index contributed by atoms with van der Waals surface area (Å²) in [5.74, 6) is -0.815. The lowest BCUT2D eigenvalue weighted by Gasteiger charge is -2.39. The minimum absolute atomic E-state index is 0.0521. The molecule has 1 unspecified atom stereocenters. The van der Waals surface area contributed by atoms with Gasteiger partial charge in [0.2, 0.25) is 0 Å². The number of likely N-dealkylation sites (N-methyl/N-ethyl adjacent to an activating group) is 2. The SMILES string of the molecule is CCN(C(=O)N1CCN(CC(=O)O)CC1)C(C)CN(C)C. The summed E-state index contributed by atoms with van der Waals surface area (Å²) in [7, 11) is 4.00. The lowest BCUT2D eigenvalue weighted by Crippen LogP contribution is -2.56. The zero-order valence-electron chi connectivity index (χ0n) is 13.6. The van der Waals surface area contributed by atoms with E-state index in [1.54, 1.807) is 0 Å². The fourth-order valence-electron chi connectivity index (χ4n) is 2.73. The zero-order valence-corrected chi connectivity index (χ0v) is 13.6. The second kappa shape index (κ2) is 8.19. The maximum atomic E-state index is 12.6. The number of hydrogen-bond donors (Lipinski definition) is 1. The molecule has 0 aromatic carbocycles. The maximum absolute atomic E-state index is 12.6. The van der Waals surface area contributed by atoms with Crippen LogP contribution in [0.25, 0.3) is 0 Å². The van der Waals surface area contributed by atoms with Gasteiger partial charge in [-0.15, -0.1) is 0 Å². The number of nitrogens with zero attached hydrogens (tertiary/aromatic N) is 4. The number of amides is 2. The largest absolute Gasteiger partial charge is 0.480 e. The van der Waals surface area contributed by atoms with Gasteiger partial charge in [-0.3, -0.25) is 9.69 Å². The number of carbonyl (C=O) groups is 2. The second-order valence-corrected chi connectivity index (χ2v) is 5.84. The Kier molecular flexibility index (Phi) is 6.91. The maximum Gasteiger partial charge on any atom is 0.320 e. The fraction of sp³-hybridized carbons (Fsp3) is 0.857. The first kappa shape index (κ1) is 17.7. The first-order valence-electron chi connectivity index (χ1n) is 7.49. The van der Waals surface area contributed by atoms with Gasteiger partial charge in [0.05, 0.1) is 6.54 Å². The van der Waals surface area contributed by atoms with Crippen LogP contribution in [0, 0.1) is 0 Å². The number of carboxylic acids is 1. The molecule has 0 bridgehead atoms. The number of carbonyl (C=O) groups excluding carboxylic acids is 1. The number of carboxylic acid groups (broad SMARTS) is 1. The van der Waals surface area contributed by atoms with Crippen LogP contribution in [0.15, 0.2) is 0 Å². The molecule has 1 fully saturated rings. The zero-order chi connectivity index (χ0) is 16.0. The molecule has 1 aliphatic rings. The highest BCUT2D eigenvalue weighted by Gasteiger charge is 2.27. The quantitative estimate of drug-likeness (QED) is 0.752. The molecule has 1 heterocycles. The van der Waals surface area contributed by atoms with Gasteiger partial charge < -0.3 is 19.8 Å². The predicted octanol–water partition coefficient (Wildman–Crippen LogP) is 0.0806. The molecule has 1 rings (SSSR count). The van der Waals surface area contributed by atoms with E-state index in [0.29, 0.717) is 32.7 Å². The van der Waals surface area contributed by atoms with E-state index in [4.69, 9.17) is 5.11 Å². The fourth-order valence-corrected chi connectivity index (χ4v) is 2.73. The average molecular weight is 300 g/mol. The lowest BCUT2D eigenvalue weighted by molar-refractivity contribution is -0.138. The molecule has 0 aliphatic carbocycles. The van der Waals surface area contributed by atoms with Crippen LogP contribution in [0.2, 0.25) is 0 Å². The van der Waals surface area contributed by atoms with E-state index in [1.165, 1.54) is 0 Å². The Morgan fingerprint density at radius 2 is 1.76 bits per heavy atom. The first-order chi connectivity index (χ1) is 9.85. The Morgan fingerprint density at radius 3 is 2.19 bits per heavy atom. The van der Waals surface area contributed by atoms with Crippen molar-refractivity contribution in [1.82, 2.24) is 19.6 Å². The van der Waals surface area contributed by atoms with Gasteiger partial charge in [-0.1, -0.05) is 0 Å². The lowest BCUT2D eigenvalue weighted by atomic mass is 10.2. The molecular weight excluding hydrogens is 272 g/mol. The molecule has 0 saturated carbocycles. The van der Waals surface area contributed by atoms with Crippen LogP contribution in [0.3, 0.4) is 0 Å². The Labute approximate surface area is 127 Å². The molecule has 1 aliphatic heterocycles. The summed E-state index contributed by atoms with van der Waals surface area (Å²) in [5, 5.41) is 8.79. The normalized spacial score (nSPS) is 17.9. The van der Waals surface area contributed by atoms with Gasteiger partial charge in [0.15, 0.2) is 0 Å². The van der Waals surface area contributed by atoms with E-state index in [-0.39, 0.29) is 18.6 Å². The summed E-state index contributed by atoms with van der Waals surface area (Å²) in [6, 6.07) is 0.219. The van der Waals surface area contributed by atoms with Crippen LogP contribution < -0.4 is 0 Å². The molecular formula is C14H28N4O3. The van der Waals surface area contributed by atoms with E-state index in [1.807, 2.05) is 35.7 Å². The van der Waals surface area contributed by atoms with Crippen molar-refractivity contribution in [2.24, 2.45) is 0 Å². The van der Waals surface area contributed by atoms with Crippen LogP contribution in [0.1, 0.15) is 13.8 Å². The molecule has 0 aromatic rings. The highest BCUT2D eigenvalue weighted by Crippen LogP contribution is 2.09. The third-order valence-corrected chi connectivity index (χ3v) is 3.75. The summed E-state index contributed by atoms with van der Waals surface area (Å²) < 4.78 is 0. The Balaban J connectivity index is 2.52. The smallest absolute Gasteiger partial charge is 0.320 e. The summed E-state index contributed by atoms with van der Waals surface area (Å²) in [6.07, 6.45) is 0. The van der Waals surface area contributed by atoms with Gasteiger partial charge in [0.1, 0.15) is 0 Å². The van der Waals surface area contributed by atoms with Crippen molar-refractivity contribution in [1.29, 1.82) is 0 Å². The Hall–Kier alpha value is -1.34. The molecule has 0 radical (unpaired) electrons. The number of aliphatic carboxylic acids is 1. The summed E-state index contributed by atoms with van der Waals surface area (Å²) in [4.78, 5) is 30.9. The van der Waals surface area contributed by atoms with Gasteiger partial charge in [0, 0.05) is 45.3 Å². The highest BCUT2D eigenvalue weighted by atomic mass is 16.4. The minimum Gasteiger partial charge on any atom is -0.480 e. The third-order valence-electron chi connectivity index (χ3n) is 3.75. The van der Waals surface area contributed by atoms with Gasteiger partial charge in [-0.25, -0.2) is 4.79 Å². The van der Waals surface area contributed by atoms with Crippen molar-refractivity contribution in [3.8, 4) is 0 Å². The Morgan fingerprint density at radius 1 is 1.19 bits per heavy atom. The highest BCUT2D eigenvalue weighted by molar-refractivity contribution is 5.75. The molecule has 122 valence electrons. The molecule has 2 amide bonds. The number of rotatable bonds is 6. The van der Waals surface area contributed by atoms with Gasteiger partial charge in [-0.2, -0.15) is 0 Å². The van der Waals surface area contributed by atoms with E-state index in [9.17, 15) is 9.59 Å². The first-order valence-corrected chi connectivity index (χ1v) is 7.49. The molecule has 0 spiro atoms. The molecule has 21 heavy (non-hydrogen) atoms. The number of hydrogen-bond acceptors (Lipinski definition) is 4. The van der Waals surface area contributed by atoms with E-state index in [2.05, 4.69) is 11.8 Å². The molecule has 7 heteroatoms. The van der Waals surface area contributed by atoms with Crippen LogP contribution in [0.4, 0.5) is 4.79 Å². The summed E-state index contributed by atoms with van der Waals surface area (Å²) >= 11 is 0. The van der Waals surface area contributed by atoms with Gasteiger partial charge in [-0.05, 0) is 27.9 Å². The van der Waals surface area contributed by atoms with Crippen LogP contribution in [-0.4, -0.2) is 103 Å². The molecule has 1 atom stereocenters.